The van der Waals surface area contributed by atoms with E-state index < -0.39 is 5.97 Å². The third-order valence-corrected chi connectivity index (χ3v) is 8.47. The number of benzene rings is 2. The van der Waals surface area contributed by atoms with Crippen LogP contribution >= 0.6 is 0 Å². The standard InChI is InChI=1S/C30H36N2O4/c1-2-36-29(35)12-11-28(34)31-23-7-5-6-21(18-23)13-16-32-17-15-30-14-4-3-8-25(30)27(32)19-22-9-10-24(33)20-26(22)30/h5-7,9-12,18,20,25,27,33H,2-4,8,13-17,19H2,1H3,(H,31,34)/b12-11-/t25-,27+,30+/m0/s1. The molecule has 2 N–H and O–H groups in total. The topological polar surface area (TPSA) is 78.9 Å². The summed E-state index contributed by atoms with van der Waals surface area (Å²) < 4.78 is 4.82. The second-order valence-electron chi connectivity index (χ2n) is 10.4. The van der Waals surface area contributed by atoms with Crippen molar-refractivity contribution in [3.8, 4) is 5.75 Å². The molecule has 1 aliphatic heterocycles. The number of nitrogens with zero attached hydrogens (tertiary/aromatic N) is 1. The Morgan fingerprint density at radius 3 is 2.92 bits per heavy atom. The predicted molar refractivity (Wildman–Crippen MR) is 140 cm³/mol. The second kappa shape index (κ2) is 10.5. The van der Waals surface area contributed by atoms with Crippen molar-refractivity contribution in [3.05, 3.63) is 71.3 Å². The number of piperidine rings is 1. The average molecular weight is 489 g/mol. The third kappa shape index (κ3) is 4.92. The number of nitrogens with one attached hydrogen (secondary N) is 1. The Bertz CT molecular complexity index is 1160. The lowest BCUT2D eigenvalue weighted by atomic mass is 9.52. The Balaban J connectivity index is 1.25. The van der Waals surface area contributed by atoms with Gasteiger partial charge < -0.3 is 15.2 Å². The fraction of sp³-hybridized carbons (Fsp3) is 0.467. The Labute approximate surface area is 213 Å². The number of carbonyl (C=O) groups excluding carboxylic acids is 2. The fourth-order valence-electron chi connectivity index (χ4n) is 6.95. The third-order valence-electron chi connectivity index (χ3n) is 8.47. The van der Waals surface area contributed by atoms with Gasteiger partial charge in [0.1, 0.15) is 5.75 Å². The van der Waals surface area contributed by atoms with E-state index in [1.807, 2.05) is 24.3 Å². The maximum Gasteiger partial charge on any atom is 0.330 e. The van der Waals surface area contributed by atoms with Gasteiger partial charge in [-0.05, 0) is 92.4 Å². The molecule has 6 heteroatoms. The number of esters is 1. The minimum Gasteiger partial charge on any atom is -0.508 e. The number of hydrogen-bond donors (Lipinski definition) is 2. The van der Waals surface area contributed by atoms with E-state index in [-0.39, 0.29) is 17.9 Å². The van der Waals surface area contributed by atoms with Crippen LogP contribution in [0.4, 0.5) is 5.69 Å². The monoisotopic (exact) mass is 488 g/mol. The molecule has 2 aromatic carbocycles. The number of hydrogen-bond acceptors (Lipinski definition) is 5. The van der Waals surface area contributed by atoms with Gasteiger partial charge in [-0.1, -0.05) is 31.0 Å². The van der Waals surface area contributed by atoms with Crippen molar-refractivity contribution in [2.45, 2.75) is 63.3 Å². The van der Waals surface area contributed by atoms with Gasteiger partial charge in [0.2, 0.25) is 5.91 Å². The lowest BCUT2D eigenvalue weighted by Crippen LogP contribution is -2.61. The first kappa shape index (κ1) is 24.6. The van der Waals surface area contributed by atoms with Crippen LogP contribution in [-0.4, -0.2) is 47.6 Å². The molecule has 0 unspecified atom stereocenters. The number of amides is 1. The van der Waals surface area contributed by atoms with Crippen molar-refractivity contribution in [1.29, 1.82) is 0 Å². The van der Waals surface area contributed by atoms with E-state index in [2.05, 4.69) is 28.4 Å². The number of fused-ring (bicyclic) bond motifs is 1. The van der Waals surface area contributed by atoms with Crippen LogP contribution in [0.25, 0.3) is 0 Å². The van der Waals surface area contributed by atoms with Gasteiger partial charge in [-0.25, -0.2) is 4.79 Å². The summed E-state index contributed by atoms with van der Waals surface area (Å²) in [5.74, 6) is 0.187. The molecule has 2 fully saturated rings. The average Bonchev–Trinajstić information content (AvgIpc) is 2.88. The number of ether oxygens (including phenoxy) is 1. The number of phenolic OH excluding ortho intramolecular Hbond substituents is 1. The number of likely N-dealkylation sites (tertiary alicyclic amines) is 1. The van der Waals surface area contributed by atoms with Crippen LogP contribution in [0.3, 0.4) is 0 Å². The molecule has 5 rings (SSSR count). The van der Waals surface area contributed by atoms with Crippen molar-refractivity contribution in [2.24, 2.45) is 5.92 Å². The zero-order valence-electron chi connectivity index (χ0n) is 21.0. The highest BCUT2D eigenvalue weighted by atomic mass is 16.5. The number of carbonyl (C=O) groups is 2. The van der Waals surface area contributed by atoms with Crippen molar-refractivity contribution in [3.63, 3.8) is 0 Å². The van der Waals surface area contributed by atoms with Crippen LogP contribution in [0, 0.1) is 5.92 Å². The van der Waals surface area contributed by atoms with Crippen LogP contribution in [-0.2, 0) is 32.6 Å². The van der Waals surface area contributed by atoms with Crippen LogP contribution in [0.5, 0.6) is 5.75 Å². The molecule has 2 bridgehead atoms. The van der Waals surface area contributed by atoms with E-state index in [0.717, 1.165) is 44.1 Å². The van der Waals surface area contributed by atoms with E-state index in [1.165, 1.54) is 48.4 Å². The maximum atomic E-state index is 12.2. The summed E-state index contributed by atoms with van der Waals surface area (Å²) in [5, 5.41) is 13.1. The summed E-state index contributed by atoms with van der Waals surface area (Å²) >= 11 is 0. The Kier molecular flexibility index (Phi) is 7.15. The summed E-state index contributed by atoms with van der Waals surface area (Å²) in [4.78, 5) is 26.3. The van der Waals surface area contributed by atoms with Gasteiger partial charge in [0.05, 0.1) is 6.61 Å². The minimum atomic E-state index is -0.521. The van der Waals surface area contributed by atoms with Gasteiger partial charge in [0.15, 0.2) is 0 Å². The van der Waals surface area contributed by atoms with Crippen molar-refractivity contribution in [2.75, 3.05) is 25.0 Å². The SMILES string of the molecule is CCOC(=O)/C=C\C(=O)Nc1cccc(CCN2CC[C@]34CCCC[C@H]3[C@H]2Cc2ccc(O)cc24)c1. The summed E-state index contributed by atoms with van der Waals surface area (Å²) in [7, 11) is 0. The van der Waals surface area contributed by atoms with E-state index in [0.29, 0.717) is 17.7 Å². The molecule has 0 spiro atoms. The van der Waals surface area contributed by atoms with Crippen LogP contribution < -0.4 is 5.32 Å². The second-order valence-corrected chi connectivity index (χ2v) is 10.4. The maximum absolute atomic E-state index is 12.2. The Morgan fingerprint density at radius 1 is 1.17 bits per heavy atom. The van der Waals surface area contributed by atoms with Crippen LogP contribution in [0.15, 0.2) is 54.6 Å². The summed E-state index contributed by atoms with van der Waals surface area (Å²) in [6.07, 6.45) is 10.6. The molecule has 3 atom stereocenters. The highest BCUT2D eigenvalue weighted by Crippen LogP contribution is 2.56. The molecule has 1 saturated heterocycles. The Morgan fingerprint density at radius 2 is 2.06 bits per heavy atom. The van der Waals surface area contributed by atoms with Gasteiger partial charge in [-0.2, -0.15) is 0 Å². The number of rotatable bonds is 7. The van der Waals surface area contributed by atoms with Crippen LogP contribution in [0.1, 0.15) is 55.7 Å². The highest BCUT2D eigenvalue weighted by Gasteiger charge is 2.53. The summed E-state index contributed by atoms with van der Waals surface area (Å²) in [6.45, 7) is 4.09. The molecule has 6 nitrogen and oxygen atoms in total. The normalized spacial score (nSPS) is 25.1. The number of aromatic hydroxyl groups is 1. The lowest BCUT2D eigenvalue weighted by molar-refractivity contribution is -0.137. The zero-order valence-corrected chi connectivity index (χ0v) is 21.0. The fourth-order valence-corrected chi connectivity index (χ4v) is 6.95. The number of anilines is 1. The quantitative estimate of drug-likeness (QED) is 0.434. The summed E-state index contributed by atoms with van der Waals surface area (Å²) in [5.41, 5.74) is 4.98. The highest BCUT2D eigenvalue weighted by molar-refractivity contribution is 6.02. The van der Waals surface area contributed by atoms with E-state index in [4.69, 9.17) is 4.74 Å². The molecule has 190 valence electrons. The van der Waals surface area contributed by atoms with E-state index >= 15 is 0 Å². The summed E-state index contributed by atoms with van der Waals surface area (Å²) in [6, 6.07) is 14.6. The van der Waals surface area contributed by atoms with E-state index in [1.54, 1.807) is 6.92 Å². The first-order valence-electron chi connectivity index (χ1n) is 13.3. The number of phenols is 1. The molecule has 2 aromatic rings. The van der Waals surface area contributed by atoms with Gasteiger partial charge in [-0.3, -0.25) is 9.69 Å². The van der Waals surface area contributed by atoms with Crippen molar-refractivity contribution < 1.29 is 19.4 Å². The Hall–Kier alpha value is -3.12. The molecule has 1 saturated carbocycles. The van der Waals surface area contributed by atoms with Crippen molar-refractivity contribution >= 4 is 17.6 Å². The van der Waals surface area contributed by atoms with E-state index in [9.17, 15) is 14.7 Å². The molecule has 1 heterocycles. The van der Waals surface area contributed by atoms with Gasteiger partial charge >= 0.3 is 5.97 Å². The van der Waals surface area contributed by atoms with Crippen LogP contribution in [0.2, 0.25) is 0 Å². The smallest absolute Gasteiger partial charge is 0.330 e. The molecule has 2 aliphatic carbocycles. The van der Waals surface area contributed by atoms with Gasteiger partial charge in [0.25, 0.3) is 0 Å². The molecular weight excluding hydrogens is 452 g/mol. The molecular formula is C30H36N2O4. The zero-order chi connectivity index (χ0) is 25.1. The molecule has 0 radical (unpaired) electrons. The largest absolute Gasteiger partial charge is 0.508 e. The first-order valence-corrected chi connectivity index (χ1v) is 13.3. The molecule has 0 aromatic heterocycles. The molecule has 1 amide bonds. The van der Waals surface area contributed by atoms with Crippen molar-refractivity contribution in [1.82, 2.24) is 4.90 Å². The molecule has 36 heavy (non-hydrogen) atoms. The van der Waals surface area contributed by atoms with Gasteiger partial charge in [-0.15, -0.1) is 0 Å². The van der Waals surface area contributed by atoms with Gasteiger partial charge in [0, 0.05) is 35.8 Å². The minimum absolute atomic E-state index is 0.229. The molecule has 3 aliphatic rings. The lowest BCUT2D eigenvalue weighted by Gasteiger charge is -2.59. The first-order chi connectivity index (χ1) is 17.5. The predicted octanol–water partition coefficient (Wildman–Crippen LogP) is 4.75.